The van der Waals surface area contributed by atoms with E-state index in [1.54, 1.807) is 0 Å². The fourth-order valence-corrected chi connectivity index (χ4v) is 3.37. The molecule has 0 bridgehead atoms. The van der Waals surface area contributed by atoms with E-state index in [0.29, 0.717) is 19.0 Å². The number of aryl methyl sites for hydroxylation is 1. The van der Waals surface area contributed by atoms with Gasteiger partial charge in [-0.1, -0.05) is 43.1 Å². The number of nitrogens with one attached hydrogen (secondary N) is 2. The van der Waals surface area contributed by atoms with Crippen LogP contribution in [0.2, 0.25) is 0 Å². The molecule has 1 aliphatic rings. The molecule has 2 aromatic rings. The third-order valence-corrected chi connectivity index (χ3v) is 4.88. The second kappa shape index (κ2) is 10.1. The molecule has 3 rings (SSSR count). The Morgan fingerprint density at radius 1 is 1.30 bits per heavy atom. The molecule has 2 N–H and O–H groups in total. The second-order valence-corrected chi connectivity index (χ2v) is 7.03. The molecule has 146 valence electrons. The first-order chi connectivity index (χ1) is 13.2. The first kappa shape index (κ1) is 19.4. The van der Waals surface area contributed by atoms with Gasteiger partial charge in [0.05, 0.1) is 6.54 Å². The van der Waals surface area contributed by atoms with Gasteiger partial charge in [-0.15, -0.1) is 0 Å². The predicted octanol–water partition coefficient (Wildman–Crippen LogP) is 3.59. The van der Waals surface area contributed by atoms with Crippen molar-refractivity contribution >= 4 is 11.7 Å². The number of nitrogens with zero attached hydrogens (tertiary/aromatic N) is 3. The molecule has 0 spiro atoms. The zero-order valence-electron chi connectivity index (χ0n) is 16.0. The number of para-hydroxylation sites is 1. The van der Waals surface area contributed by atoms with Crippen molar-refractivity contribution in [1.82, 2.24) is 20.4 Å². The molecular weight excluding hydrogens is 342 g/mol. The smallest absolute Gasteiger partial charge is 0.319 e. The highest BCUT2D eigenvalue weighted by Gasteiger charge is 2.24. The van der Waals surface area contributed by atoms with E-state index in [4.69, 9.17) is 4.52 Å². The topological polar surface area (TPSA) is 83.3 Å². The molecule has 2 amide bonds. The molecule has 7 heteroatoms. The number of aromatic nitrogens is 2. The molecule has 1 fully saturated rings. The standard InChI is InChI=1S/C20H29N5O2/c1-2-3-12-18-23-19(27-24-18)15-25-13-8-7-11-17(25)14-21-20(26)22-16-9-5-4-6-10-16/h4-6,9-10,17H,2-3,7-8,11-15H2,1H3,(H2,21,22,26). The Kier molecular flexibility index (Phi) is 7.21. The molecule has 0 saturated carbocycles. The Bertz CT molecular complexity index is 703. The zero-order chi connectivity index (χ0) is 18.9. The van der Waals surface area contributed by atoms with Gasteiger partial charge in [-0.05, 0) is 37.9 Å². The number of anilines is 1. The third kappa shape index (κ3) is 6.06. The van der Waals surface area contributed by atoms with Crippen molar-refractivity contribution < 1.29 is 9.32 Å². The maximum Gasteiger partial charge on any atom is 0.319 e. The van der Waals surface area contributed by atoms with Crippen molar-refractivity contribution in [3.05, 3.63) is 42.0 Å². The summed E-state index contributed by atoms with van der Waals surface area (Å²) in [5.74, 6) is 1.46. The Morgan fingerprint density at radius 3 is 2.96 bits per heavy atom. The largest absolute Gasteiger partial charge is 0.338 e. The number of unbranched alkanes of at least 4 members (excludes halogenated alkanes) is 1. The maximum atomic E-state index is 12.1. The Hall–Kier alpha value is -2.41. The van der Waals surface area contributed by atoms with Crippen molar-refractivity contribution in [3.8, 4) is 0 Å². The molecule has 1 aromatic carbocycles. The van der Waals surface area contributed by atoms with Crippen LogP contribution in [0.25, 0.3) is 0 Å². The van der Waals surface area contributed by atoms with Gasteiger partial charge in [-0.3, -0.25) is 4.90 Å². The van der Waals surface area contributed by atoms with Crippen LogP contribution in [0.3, 0.4) is 0 Å². The molecular formula is C20H29N5O2. The minimum absolute atomic E-state index is 0.175. The van der Waals surface area contributed by atoms with Crippen molar-refractivity contribution in [2.45, 2.75) is 58.0 Å². The molecule has 2 heterocycles. The fraction of sp³-hybridized carbons (Fsp3) is 0.550. The van der Waals surface area contributed by atoms with E-state index in [0.717, 1.165) is 50.2 Å². The van der Waals surface area contributed by atoms with Gasteiger partial charge in [0.25, 0.3) is 0 Å². The van der Waals surface area contributed by atoms with Crippen molar-refractivity contribution in [2.75, 3.05) is 18.4 Å². The van der Waals surface area contributed by atoms with Crippen LogP contribution in [0.1, 0.15) is 50.7 Å². The summed E-state index contributed by atoms with van der Waals surface area (Å²) in [6, 6.07) is 9.58. The minimum Gasteiger partial charge on any atom is -0.338 e. The molecule has 0 aliphatic carbocycles. The Balaban J connectivity index is 1.49. The van der Waals surface area contributed by atoms with E-state index in [1.165, 1.54) is 6.42 Å². The molecule has 0 radical (unpaired) electrons. The monoisotopic (exact) mass is 371 g/mol. The Labute approximate surface area is 160 Å². The number of carbonyl (C=O) groups is 1. The van der Waals surface area contributed by atoms with Gasteiger partial charge in [0, 0.05) is 24.7 Å². The van der Waals surface area contributed by atoms with E-state index in [-0.39, 0.29) is 12.1 Å². The average Bonchev–Trinajstić information content (AvgIpc) is 3.14. The number of carbonyl (C=O) groups excluding carboxylic acids is 1. The summed E-state index contributed by atoms with van der Waals surface area (Å²) in [6.45, 7) is 4.39. The highest BCUT2D eigenvalue weighted by molar-refractivity contribution is 5.89. The molecule has 1 aromatic heterocycles. The van der Waals surface area contributed by atoms with Crippen LogP contribution in [0.4, 0.5) is 10.5 Å². The van der Waals surface area contributed by atoms with Crippen LogP contribution in [0.5, 0.6) is 0 Å². The van der Waals surface area contributed by atoms with Gasteiger partial charge in [0.1, 0.15) is 0 Å². The minimum atomic E-state index is -0.175. The summed E-state index contributed by atoms with van der Waals surface area (Å²) in [5.41, 5.74) is 0.793. The van der Waals surface area contributed by atoms with Gasteiger partial charge in [-0.25, -0.2) is 4.79 Å². The quantitative estimate of drug-likeness (QED) is 0.741. The first-order valence-corrected chi connectivity index (χ1v) is 9.90. The number of hydrogen-bond acceptors (Lipinski definition) is 5. The van der Waals surface area contributed by atoms with Crippen molar-refractivity contribution in [2.24, 2.45) is 0 Å². The summed E-state index contributed by atoms with van der Waals surface area (Å²) in [5, 5.41) is 9.92. The number of likely N-dealkylation sites (tertiary alicyclic amines) is 1. The van der Waals surface area contributed by atoms with Gasteiger partial charge in [0.15, 0.2) is 5.82 Å². The van der Waals surface area contributed by atoms with Crippen molar-refractivity contribution in [3.63, 3.8) is 0 Å². The lowest BCUT2D eigenvalue weighted by molar-refractivity contribution is 0.123. The third-order valence-electron chi connectivity index (χ3n) is 4.88. The predicted molar refractivity (Wildman–Crippen MR) is 104 cm³/mol. The van der Waals surface area contributed by atoms with Crippen LogP contribution in [0.15, 0.2) is 34.9 Å². The van der Waals surface area contributed by atoms with Gasteiger partial charge in [0.2, 0.25) is 5.89 Å². The maximum absolute atomic E-state index is 12.1. The summed E-state index contributed by atoms with van der Waals surface area (Å²) in [6.07, 6.45) is 6.45. The van der Waals surface area contributed by atoms with Crippen LogP contribution < -0.4 is 10.6 Å². The van der Waals surface area contributed by atoms with Gasteiger partial charge < -0.3 is 15.2 Å². The normalized spacial score (nSPS) is 17.6. The van der Waals surface area contributed by atoms with Crippen LogP contribution >= 0.6 is 0 Å². The lowest BCUT2D eigenvalue weighted by atomic mass is 10.0. The molecule has 1 saturated heterocycles. The second-order valence-electron chi connectivity index (χ2n) is 7.03. The number of urea groups is 1. The van der Waals surface area contributed by atoms with E-state index < -0.39 is 0 Å². The van der Waals surface area contributed by atoms with Crippen LogP contribution in [-0.4, -0.2) is 40.2 Å². The summed E-state index contributed by atoms with van der Waals surface area (Å²) in [7, 11) is 0. The van der Waals surface area contributed by atoms with Crippen molar-refractivity contribution in [1.29, 1.82) is 0 Å². The first-order valence-electron chi connectivity index (χ1n) is 9.90. The zero-order valence-corrected chi connectivity index (χ0v) is 16.0. The molecule has 1 unspecified atom stereocenters. The molecule has 1 atom stereocenters. The molecule has 7 nitrogen and oxygen atoms in total. The lowest BCUT2D eigenvalue weighted by Gasteiger charge is -2.34. The summed E-state index contributed by atoms with van der Waals surface area (Å²) < 4.78 is 5.41. The summed E-state index contributed by atoms with van der Waals surface area (Å²) >= 11 is 0. The van der Waals surface area contributed by atoms with E-state index >= 15 is 0 Å². The number of amides is 2. The van der Waals surface area contributed by atoms with E-state index in [9.17, 15) is 4.79 Å². The Morgan fingerprint density at radius 2 is 2.15 bits per heavy atom. The summed E-state index contributed by atoms with van der Waals surface area (Å²) in [4.78, 5) is 19.0. The number of piperidine rings is 1. The average molecular weight is 371 g/mol. The number of benzene rings is 1. The van der Waals surface area contributed by atoms with Gasteiger partial charge in [-0.2, -0.15) is 4.98 Å². The van der Waals surface area contributed by atoms with Crippen LogP contribution in [-0.2, 0) is 13.0 Å². The molecule has 1 aliphatic heterocycles. The highest BCUT2D eigenvalue weighted by Crippen LogP contribution is 2.19. The van der Waals surface area contributed by atoms with E-state index in [2.05, 4.69) is 32.6 Å². The van der Waals surface area contributed by atoms with E-state index in [1.807, 2.05) is 30.3 Å². The number of rotatable bonds is 8. The fourth-order valence-electron chi connectivity index (χ4n) is 3.37. The lowest BCUT2D eigenvalue weighted by Crippen LogP contribution is -2.47. The SMILES string of the molecule is CCCCc1noc(CN2CCCCC2CNC(=O)Nc2ccccc2)n1. The van der Waals surface area contributed by atoms with Crippen LogP contribution in [0, 0.1) is 0 Å². The molecule has 27 heavy (non-hydrogen) atoms. The highest BCUT2D eigenvalue weighted by atomic mass is 16.5. The number of hydrogen-bond donors (Lipinski definition) is 2. The van der Waals surface area contributed by atoms with Gasteiger partial charge >= 0.3 is 6.03 Å².